The first kappa shape index (κ1) is 37.8. The summed E-state index contributed by atoms with van der Waals surface area (Å²) in [7, 11) is 2.60. The maximum atomic E-state index is 12.9. The van der Waals surface area contributed by atoms with Gasteiger partial charge in [-0.3, -0.25) is 4.99 Å². The van der Waals surface area contributed by atoms with Gasteiger partial charge in [0.2, 0.25) is 12.1 Å². The number of allylic oxidation sites excluding steroid dienone is 1. The fourth-order valence-electron chi connectivity index (χ4n) is 5.40. The van der Waals surface area contributed by atoms with Crippen molar-refractivity contribution in [2.75, 3.05) is 40.5 Å². The molecule has 0 aromatic rings. The van der Waals surface area contributed by atoms with E-state index in [0.29, 0.717) is 10.5 Å². The van der Waals surface area contributed by atoms with Crippen LogP contribution in [0, 0.1) is 11.8 Å². The Kier molecular flexibility index (Phi) is 13.2. The molecular formula is C30H45N4O13+. The molecule has 262 valence electrons. The van der Waals surface area contributed by atoms with Crippen molar-refractivity contribution in [3.05, 3.63) is 59.7 Å². The zero-order chi connectivity index (χ0) is 35.1. The van der Waals surface area contributed by atoms with E-state index in [2.05, 4.69) is 16.9 Å². The maximum absolute atomic E-state index is 12.9. The third-order valence-corrected chi connectivity index (χ3v) is 7.76. The number of quaternary nitrogens is 1. The van der Waals surface area contributed by atoms with E-state index in [1.165, 1.54) is 26.4 Å². The minimum absolute atomic E-state index is 0.0458. The van der Waals surface area contributed by atoms with E-state index in [0.717, 1.165) is 6.26 Å². The number of aliphatic hydroxyl groups excluding tert-OH is 3. The number of carbonyl (C=O) groups is 2. The predicted octanol–water partition coefficient (Wildman–Crippen LogP) is -3.41. The Morgan fingerprint density at radius 1 is 1.30 bits per heavy atom. The number of nitrogens with zero attached hydrogens (tertiary/aromatic N) is 1. The van der Waals surface area contributed by atoms with Crippen molar-refractivity contribution in [2.24, 2.45) is 22.6 Å². The van der Waals surface area contributed by atoms with Crippen LogP contribution in [0.3, 0.4) is 0 Å². The molecule has 0 bridgehead atoms. The van der Waals surface area contributed by atoms with Crippen LogP contribution in [0.5, 0.6) is 0 Å². The number of hydrogen-bond donors (Lipinski definition) is 9. The van der Waals surface area contributed by atoms with Crippen molar-refractivity contribution >= 4 is 17.9 Å². The van der Waals surface area contributed by atoms with Crippen LogP contribution in [0.1, 0.15) is 13.8 Å². The molecular weight excluding hydrogens is 624 g/mol. The summed E-state index contributed by atoms with van der Waals surface area (Å²) in [6.07, 6.45) is -1.37. The molecule has 47 heavy (non-hydrogen) atoms. The van der Waals surface area contributed by atoms with Gasteiger partial charge in [0.25, 0.3) is 0 Å². The summed E-state index contributed by atoms with van der Waals surface area (Å²) < 4.78 is 28.1. The van der Waals surface area contributed by atoms with E-state index in [-0.39, 0.29) is 42.5 Å². The number of carboxylic acid groups (broad SMARTS) is 1. The molecule has 0 amide bonds. The van der Waals surface area contributed by atoms with Gasteiger partial charge in [-0.1, -0.05) is 18.2 Å². The lowest BCUT2D eigenvalue weighted by Gasteiger charge is -2.48. The average Bonchev–Trinajstić information content (AvgIpc) is 3.03. The van der Waals surface area contributed by atoms with Gasteiger partial charge < -0.3 is 70.3 Å². The number of rotatable bonds is 13. The Labute approximate surface area is 271 Å². The van der Waals surface area contributed by atoms with Crippen LogP contribution in [-0.2, 0) is 33.3 Å². The van der Waals surface area contributed by atoms with E-state index >= 15 is 0 Å². The topological polar surface area (TPSA) is 257 Å². The third kappa shape index (κ3) is 8.64. The lowest BCUT2D eigenvalue weighted by atomic mass is 9.83. The lowest BCUT2D eigenvalue weighted by molar-refractivity contribution is -0.843. The van der Waals surface area contributed by atoms with Crippen LogP contribution in [0.25, 0.3) is 0 Å². The number of ether oxygens (including phenoxy) is 5. The van der Waals surface area contributed by atoms with E-state index < -0.39 is 73.2 Å². The third-order valence-electron chi connectivity index (χ3n) is 7.76. The number of guanidine groups is 1. The summed E-state index contributed by atoms with van der Waals surface area (Å²) in [5.74, 6) is -6.70. The fourth-order valence-corrected chi connectivity index (χ4v) is 5.40. The van der Waals surface area contributed by atoms with Crippen LogP contribution in [0.4, 0.5) is 0 Å². The summed E-state index contributed by atoms with van der Waals surface area (Å²) >= 11 is 0. The van der Waals surface area contributed by atoms with Crippen LogP contribution >= 0.6 is 0 Å². The van der Waals surface area contributed by atoms with Crippen molar-refractivity contribution in [3.63, 3.8) is 0 Å². The Bertz CT molecular complexity index is 1310. The van der Waals surface area contributed by atoms with E-state index in [1.807, 2.05) is 0 Å². The molecule has 0 spiro atoms. The molecule has 0 aliphatic carbocycles. The quantitative estimate of drug-likeness (QED) is 0.0304. The molecule has 8 atom stereocenters. The van der Waals surface area contributed by atoms with Crippen molar-refractivity contribution in [2.45, 2.75) is 56.6 Å². The number of aliphatic imine (C=N–C) groups is 1. The number of hydrogen-bond acceptors (Lipinski definition) is 13. The number of esters is 1. The van der Waals surface area contributed by atoms with Crippen molar-refractivity contribution < 1.29 is 68.8 Å². The number of aliphatic carboxylic acids is 1. The van der Waals surface area contributed by atoms with Crippen molar-refractivity contribution in [1.82, 2.24) is 5.32 Å². The number of nitrogens with two attached hydrogens (primary N) is 1. The smallest absolute Gasteiger partial charge is 0.343 e. The monoisotopic (exact) mass is 669 g/mol. The van der Waals surface area contributed by atoms with Gasteiger partial charge in [-0.2, -0.15) is 0 Å². The first-order chi connectivity index (χ1) is 22.2. The molecule has 17 nitrogen and oxygen atoms in total. The van der Waals surface area contributed by atoms with Gasteiger partial charge in [-0.15, -0.1) is 6.58 Å². The Balaban J connectivity index is 2.07. The van der Waals surface area contributed by atoms with Crippen LogP contribution < -0.4 is 16.0 Å². The normalized spacial score (nSPS) is 31.2. The van der Waals surface area contributed by atoms with Crippen LogP contribution in [0.2, 0.25) is 0 Å². The Hall–Kier alpha value is -3.65. The zero-order valence-electron chi connectivity index (χ0n) is 26.6. The number of methoxy groups -OCH3 is 1. The highest BCUT2D eigenvalue weighted by molar-refractivity contribution is 5.94. The van der Waals surface area contributed by atoms with E-state index in [1.54, 1.807) is 26.0 Å². The largest absolute Gasteiger partial charge is 0.477 e. The van der Waals surface area contributed by atoms with Crippen molar-refractivity contribution in [3.8, 4) is 0 Å². The molecule has 3 aliphatic rings. The SMILES string of the molecule is C=CC1C(OC2OC(CO)C(O)C(O)(O)C2OC(C)C)OC=C(C(=O)OC)C1C=CC1=C(NC(N)=NC)C(C(=O)O)=C[NH+](CCO)C1. The second kappa shape index (κ2) is 16.4. The molecule has 3 rings (SSSR count). The highest BCUT2D eigenvalue weighted by atomic mass is 16.8. The minimum atomic E-state index is -2.90. The first-order valence-corrected chi connectivity index (χ1v) is 14.8. The second-order valence-electron chi connectivity index (χ2n) is 11.3. The molecule has 0 aromatic carbocycles. The molecule has 8 unspecified atom stereocenters. The molecule has 1 saturated heterocycles. The maximum Gasteiger partial charge on any atom is 0.343 e. The van der Waals surface area contributed by atoms with Gasteiger partial charge in [0.1, 0.15) is 37.1 Å². The van der Waals surface area contributed by atoms with Gasteiger partial charge in [0.05, 0.1) is 49.9 Å². The molecule has 10 N–H and O–H groups in total. The molecule has 17 heteroatoms. The summed E-state index contributed by atoms with van der Waals surface area (Å²) in [5, 5.41) is 64.1. The number of carbonyl (C=O) groups excluding carboxylic acids is 1. The lowest BCUT2D eigenvalue weighted by Crippen LogP contribution is -3.09. The standard InChI is InChI=1S/C30H44N4O13/c1-6-17-18(8-7-16-11-34(9-10-35)12-19(25(38)39)22(16)33-29(31)32-4)20(26(40)43-5)14-44-27(17)47-28-24(45-15(2)3)30(41,42)23(37)21(13-36)46-28/h6-8,12,14-15,17-18,21,23-24,27-28,35-37,41-42H,1,9-11,13H2,2-5H3,(H,38,39)(H3,31,32,33)/p+1. The molecule has 0 saturated carbocycles. The van der Waals surface area contributed by atoms with Gasteiger partial charge in [0, 0.05) is 18.5 Å². The van der Waals surface area contributed by atoms with Gasteiger partial charge in [0.15, 0.2) is 18.4 Å². The molecule has 3 heterocycles. The molecule has 0 aromatic heterocycles. The number of carboxylic acids is 1. The highest BCUT2D eigenvalue weighted by Gasteiger charge is 2.57. The Morgan fingerprint density at radius 3 is 2.55 bits per heavy atom. The van der Waals surface area contributed by atoms with E-state index in [4.69, 9.17) is 29.4 Å². The summed E-state index contributed by atoms with van der Waals surface area (Å²) in [6, 6.07) is 0. The van der Waals surface area contributed by atoms with E-state index in [9.17, 15) is 40.2 Å². The van der Waals surface area contributed by atoms with Crippen molar-refractivity contribution in [1.29, 1.82) is 0 Å². The number of aliphatic hydroxyl groups is 5. The van der Waals surface area contributed by atoms with Gasteiger partial charge in [-0.25, -0.2) is 9.59 Å². The van der Waals surface area contributed by atoms with Crippen LogP contribution in [-0.4, -0.2) is 132 Å². The summed E-state index contributed by atoms with van der Waals surface area (Å²) in [5.41, 5.74) is 6.41. The first-order valence-electron chi connectivity index (χ1n) is 14.8. The summed E-state index contributed by atoms with van der Waals surface area (Å²) in [6.45, 7) is 6.52. The minimum Gasteiger partial charge on any atom is -0.477 e. The Morgan fingerprint density at radius 2 is 2.00 bits per heavy atom. The van der Waals surface area contributed by atoms with Gasteiger partial charge >= 0.3 is 11.9 Å². The van der Waals surface area contributed by atoms with Crippen LogP contribution in [0.15, 0.2) is 64.7 Å². The highest BCUT2D eigenvalue weighted by Crippen LogP contribution is 2.38. The summed E-state index contributed by atoms with van der Waals surface area (Å²) in [4.78, 5) is 29.6. The zero-order valence-corrected chi connectivity index (χ0v) is 26.6. The molecule has 3 aliphatic heterocycles. The molecule has 1 fully saturated rings. The second-order valence-corrected chi connectivity index (χ2v) is 11.3. The average molecular weight is 670 g/mol. The molecule has 0 radical (unpaired) electrons. The predicted molar refractivity (Wildman–Crippen MR) is 163 cm³/mol. The fraction of sp³-hybridized carbons (Fsp3) is 0.567. The number of nitrogens with one attached hydrogen (secondary N) is 2. The van der Waals surface area contributed by atoms with Gasteiger partial charge in [-0.05, 0) is 13.8 Å².